The van der Waals surface area contributed by atoms with Gasteiger partial charge in [0.15, 0.2) is 6.10 Å². The summed E-state index contributed by atoms with van der Waals surface area (Å²) in [6.07, 6.45) is 1.53. The average molecular weight is 217 g/mol. The number of aliphatic carboxylic acids is 1. The van der Waals surface area contributed by atoms with Gasteiger partial charge in [0.25, 0.3) is 0 Å². The Morgan fingerprint density at radius 3 is 2.73 bits per heavy atom. The van der Waals surface area contributed by atoms with Gasteiger partial charge in [-0.2, -0.15) is 0 Å². The molecule has 5 nitrogen and oxygen atoms in total. The van der Waals surface area contributed by atoms with Crippen LogP contribution in [-0.2, 0) is 14.3 Å². The van der Waals surface area contributed by atoms with Crippen molar-refractivity contribution in [3.8, 4) is 0 Å². The van der Waals surface area contributed by atoms with Crippen molar-refractivity contribution in [2.24, 2.45) is 11.7 Å². The van der Waals surface area contributed by atoms with Crippen LogP contribution in [0.4, 0.5) is 0 Å². The second kappa shape index (κ2) is 6.76. The largest absolute Gasteiger partial charge is 0.479 e. The molecule has 0 aromatic carbocycles. The molecule has 0 aliphatic carbocycles. The predicted octanol–water partition coefficient (Wildman–Crippen LogP) is 0.232. The van der Waals surface area contributed by atoms with Gasteiger partial charge in [0, 0.05) is 13.2 Å². The number of carboxylic acid groups (broad SMARTS) is 1. The lowest BCUT2D eigenvalue weighted by Crippen LogP contribution is -2.30. The zero-order chi connectivity index (χ0) is 11.1. The summed E-state index contributed by atoms with van der Waals surface area (Å²) in [7, 11) is 0. The van der Waals surface area contributed by atoms with Crippen molar-refractivity contribution in [2.75, 3.05) is 26.4 Å². The maximum Gasteiger partial charge on any atom is 0.332 e. The molecule has 5 heteroatoms. The van der Waals surface area contributed by atoms with Crippen LogP contribution >= 0.6 is 0 Å². The van der Waals surface area contributed by atoms with E-state index in [-0.39, 0.29) is 0 Å². The zero-order valence-corrected chi connectivity index (χ0v) is 8.85. The average Bonchev–Trinajstić information content (AvgIpc) is 2.25. The number of carboxylic acids is 1. The standard InChI is InChI=1S/C10H19NO4/c11-4-1-9(10(12)13)15-7-8-2-5-14-6-3-8/h8-9H,1-7,11H2,(H,12,13). The highest BCUT2D eigenvalue weighted by Crippen LogP contribution is 2.15. The lowest BCUT2D eigenvalue weighted by molar-refractivity contribution is -0.152. The number of hydrogen-bond donors (Lipinski definition) is 2. The van der Waals surface area contributed by atoms with Crippen molar-refractivity contribution < 1.29 is 19.4 Å². The highest BCUT2D eigenvalue weighted by atomic mass is 16.5. The Morgan fingerprint density at radius 2 is 2.20 bits per heavy atom. The van der Waals surface area contributed by atoms with Gasteiger partial charge in [0.1, 0.15) is 0 Å². The maximum atomic E-state index is 10.8. The van der Waals surface area contributed by atoms with Crippen LogP contribution in [0.2, 0.25) is 0 Å². The Kier molecular flexibility index (Phi) is 5.60. The molecule has 0 aromatic heterocycles. The molecule has 1 rings (SSSR count). The van der Waals surface area contributed by atoms with Crippen LogP contribution in [-0.4, -0.2) is 43.5 Å². The van der Waals surface area contributed by atoms with Crippen molar-refractivity contribution in [2.45, 2.75) is 25.4 Å². The Balaban J connectivity index is 2.22. The van der Waals surface area contributed by atoms with Crippen molar-refractivity contribution in [1.82, 2.24) is 0 Å². The van der Waals surface area contributed by atoms with Gasteiger partial charge in [-0.15, -0.1) is 0 Å². The minimum absolute atomic E-state index is 0.338. The highest BCUT2D eigenvalue weighted by molar-refractivity contribution is 5.72. The zero-order valence-electron chi connectivity index (χ0n) is 8.85. The molecule has 1 fully saturated rings. The van der Waals surface area contributed by atoms with E-state index in [0.717, 1.165) is 26.1 Å². The summed E-state index contributed by atoms with van der Waals surface area (Å²) in [4.78, 5) is 10.8. The molecule has 1 aliphatic rings. The van der Waals surface area contributed by atoms with Crippen LogP contribution in [0.25, 0.3) is 0 Å². The van der Waals surface area contributed by atoms with E-state index in [1.54, 1.807) is 0 Å². The van der Waals surface area contributed by atoms with Gasteiger partial charge in [-0.1, -0.05) is 0 Å². The van der Waals surface area contributed by atoms with Crippen LogP contribution in [0.5, 0.6) is 0 Å². The highest BCUT2D eigenvalue weighted by Gasteiger charge is 2.20. The molecule has 3 N–H and O–H groups in total. The molecule has 1 heterocycles. The summed E-state index contributed by atoms with van der Waals surface area (Å²) < 4.78 is 10.6. The topological polar surface area (TPSA) is 81.8 Å². The van der Waals surface area contributed by atoms with Crippen LogP contribution in [0.3, 0.4) is 0 Å². The molecule has 1 saturated heterocycles. The lowest BCUT2D eigenvalue weighted by atomic mass is 10.0. The number of hydrogen-bond acceptors (Lipinski definition) is 4. The van der Waals surface area contributed by atoms with E-state index in [1.807, 2.05) is 0 Å². The summed E-state index contributed by atoms with van der Waals surface area (Å²) in [6.45, 7) is 2.34. The first-order chi connectivity index (χ1) is 7.24. The third-order valence-electron chi connectivity index (χ3n) is 2.58. The molecule has 0 spiro atoms. The fraction of sp³-hybridized carbons (Fsp3) is 0.900. The quantitative estimate of drug-likeness (QED) is 0.665. The third kappa shape index (κ3) is 4.59. The second-order valence-electron chi connectivity index (χ2n) is 3.79. The van der Waals surface area contributed by atoms with Gasteiger partial charge in [-0.25, -0.2) is 4.79 Å². The van der Waals surface area contributed by atoms with Crippen LogP contribution in [0, 0.1) is 5.92 Å². The van der Waals surface area contributed by atoms with Gasteiger partial charge in [-0.05, 0) is 31.7 Å². The minimum atomic E-state index is -0.924. The Bertz CT molecular complexity index is 192. The fourth-order valence-corrected chi connectivity index (χ4v) is 1.59. The minimum Gasteiger partial charge on any atom is -0.479 e. The normalized spacial score (nSPS) is 20.1. The molecule has 0 radical (unpaired) electrons. The first kappa shape index (κ1) is 12.4. The van der Waals surface area contributed by atoms with Gasteiger partial charge in [-0.3, -0.25) is 0 Å². The molecule has 1 atom stereocenters. The van der Waals surface area contributed by atoms with E-state index < -0.39 is 12.1 Å². The van der Waals surface area contributed by atoms with Gasteiger partial charge in [0.2, 0.25) is 0 Å². The number of ether oxygens (including phenoxy) is 2. The van der Waals surface area contributed by atoms with E-state index in [0.29, 0.717) is 25.5 Å². The van der Waals surface area contributed by atoms with Crippen molar-refractivity contribution in [1.29, 1.82) is 0 Å². The van der Waals surface area contributed by atoms with Crippen LogP contribution in [0.1, 0.15) is 19.3 Å². The smallest absolute Gasteiger partial charge is 0.332 e. The Hall–Kier alpha value is -0.650. The summed E-state index contributed by atoms with van der Waals surface area (Å²) in [5.74, 6) is -0.495. The first-order valence-corrected chi connectivity index (χ1v) is 5.36. The molecule has 0 bridgehead atoms. The van der Waals surface area contributed by atoms with Crippen molar-refractivity contribution in [3.63, 3.8) is 0 Å². The Labute approximate surface area is 89.5 Å². The van der Waals surface area contributed by atoms with Crippen molar-refractivity contribution >= 4 is 5.97 Å². The number of nitrogens with two attached hydrogens (primary N) is 1. The fourth-order valence-electron chi connectivity index (χ4n) is 1.59. The van der Waals surface area contributed by atoms with Gasteiger partial charge < -0.3 is 20.3 Å². The van der Waals surface area contributed by atoms with Crippen LogP contribution < -0.4 is 5.73 Å². The SMILES string of the molecule is NCCC(OCC1CCOCC1)C(=O)O. The van der Waals surface area contributed by atoms with E-state index in [2.05, 4.69) is 0 Å². The molecular weight excluding hydrogens is 198 g/mol. The molecule has 1 unspecified atom stereocenters. The second-order valence-corrected chi connectivity index (χ2v) is 3.79. The van der Waals surface area contributed by atoms with E-state index in [4.69, 9.17) is 20.3 Å². The van der Waals surface area contributed by atoms with Crippen LogP contribution in [0.15, 0.2) is 0 Å². The third-order valence-corrected chi connectivity index (χ3v) is 2.58. The molecule has 88 valence electrons. The summed E-state index contributed by atoms with van der Waals surface area (Å²) in [6, 6.07) is 0. The number of rotatable bonds is 6. The molecule has 0 saturated carbocycles. The van der Waals surface area contributed by atoms with Gasteiger partial charge in [0.05, 0.1) is 6.61 Å². The van der Waals surface area contributed by atoms with E-state index in [9.17, 15) is 4.79 Å². The summed E-state index contributed by atoms with van der Waals surface area (Å²) >= 11 is 0. The maximum absolute atomic E-state index is 10.8. The van der Waals surface area contributed by atoms with E-state index in [1.165, 1.54) is 0 Å². The predicted molar refractivity (Wildman–Crippen MR) is 54.6 cm³/mol. The summed E-state index contributed by atoms with van der Waals surface area (Å²) in [5, 5.41) is 8.83. The van der Waals surface area contributed by atoms with Crippen molar-refractivity contribution in [3.05, 3.63) is 0 Å². The molecule has 0 amide bonds. The molecule has 1 aliphatic heterocycles. The number of carbonyl (C=O) groups is 1. The first-order valence-electron chi connectivity index (χ1n) is 5.36. The summed E-state index contributed by atoms with van der Waals surface area (Å²) in [5.41, 5.74) is 5.31. The molecular formula is C10H19NO4. The Morgan fingerprint density at radius 1 is 1.53 bits per heavy atom. The lowest BCUT2D eigenvalue weighted by Gasteiger charge is -2.23. The monoisotopic (exact) mass is 217 g/mol. The van der Waals surface area contributed by atoms with E-state index >= 15 is 0 Å². The molecule has 0 aromatic rings. The van der Waals surface area contributed by atoms with Gasteiger partial charge >= 0.3 is 5.97 Å². The molecule has 15 heavy (non-hydrogen) atoms.